The van der Waals surface area contributed by atoms with Gasteiger partial charge in [0, 0.05) is 19.0 Å². The topological polar surface area (TPSA) is 75.4 Å². The van der Waals surface area contributed by atoms with Gasteiger partial charge in [-0.1, -0.05) is 13.3 Å². The van der Waals surface area contributed by atoms with Gasteiger partial charge in [0.1, 0.15) is 0 Å². The van der Waals surface area contributed by atoms with Crippen LogP contribution in [0.4, 0.5) is 0 Å². The lowest BCUT2D eigenvalue weighted by Gasteiger charge is -2.24. The molecule has 0 spiro atoms. The number of hydrogen-bond acceptors (Lipinski definition) is 3. The summed E-state index contributed by atoms with van der Waals surface area (Å²) < 4.78 is 0. The zero-order valence-corrected chi connectivity index (χ0v) is 13.7. The van der Waals surface area contributed by atoms with Crippen molar-refractivity contribution in [2.45, 2.75) is 58.9 Å². The Morgan fingerprint density at radius 2 is 1.85 bits per heavy atom. The van der Waals surface area contributed by atoms with Gasteiger partial charge in [-0.15, -0.1) is 0 Å². The molecular weight excluding hydrogens is 254 g/mol. The number of carbonyl (C=O) groups is 2. The van der Waals surface area contributed by atoms with Crippen LogP contribution >= 0.6 is 0 Å². The molecule has 2 amide bonds. The van der Waals surface area contributed by atoms with Crippen molar-refractivity contribution in [1.29, 1.82) is 0 Å². The van der Waals surface area contributed by atoms with Crippen LogP contribution in [0.3, 0.4) is 0 Å². The van der Waals surface area contributed by atoms with E-state index >= 15 is 0 Å². The predicted molar refractivity (Wildman–Crippen MR) is 82.2 cm³/mol. The first kappa shape index (κ1) is 18.9. The Hall–Kier alpha value is -1.10. The molecule has 0 heterocycles. The van der Waals surface area contributed by atoms with E-state index in [0.29, 0.717) is 18.9 Å². The number of hydrogen-bond donors (Lipinski definition) is 2. The summed E-state index contributed by atoms with van der Waals surface area (Å²) in [5, 5.41) is 2.85. The summed E-state index contributed by atoms with van der Waals surface area (Å²) in [6, 6.07) is 0. The van der Waals surface area contributed by atoms with E-state index in [1.54, 1.807) is 7.05 Å². The molecule has 0 aromatic rings. The lowest BCUT2D eigenvalue weighted by molar-refractivity contribution is -0.135. The molecule has 3 N–H and O–H groups in total. The third-order valence-corrected chi connectivity index (χ3v) is 3.24. The molecule has 0 saturated heterocycles. The van der Waals surface area contributed by atoms with Crippen LogP contribution < -0.4 is 11.1 Å². The van der Waals surface area contributed by atoms with E-state index in [1.165, 1.54) is 4.90 Å². The van der Waals surface area contributed by atoms with Crippen molar-refractivity contribution in [3.8, 4) is 0 Å². The molecule has 0 rings (SSSR count). The Kier molecular flexibility index (Phi) is 8.46. The van der Waals surface area contributed by atoms with Crippen molar-refractivity contribution in [2.75, 3.05) is 20.1 Å². The van der Waals surface area contributed by atoms with Gasteiger partial charge in [0.05, 0.1) is 6.54 Å². The van der Waals surface area contributed by atoms with Gasteiger partial charge in [-0.25, -0.2) is 0 Å². The molecule has 0 radical (unpaired) electrons. The number of nitrogens with zero attached hydrogens (tertiary/aromatic N) is 1. The van der Waals surface area contributed by atoms with E-state index in [9.17, 15) is 9.59 Å². The van der Waals surface area contributed by atoms with E-state index in [1.807, 2.05) is 20.8 Å². The van der Waals surface area contributed by atoms with Crippen molar-refractivity contribution >= 4 is 11.8 Å². The highest BCUT2D eigenvalue weighted by molar-refractivity contribution is 5.84. The maximum Gasteiger partial charge on any atom is 0.240 e. The van der Waals surface area contributed by atoms with E-state index in [4.69, 9.17) is 5.73 Å². The first-order valence-corrected chi connectivity index (χ1v) is 7.44. The normalized spacial score (nSPS) is 12.9. The SMILES string of the molecule is CCC(CCN)CCC(=O)N(C)CC(=O)NC(C)(C)C. The van der Waals surface area contributed by atoms with Gasteiger partial charge in [0.2, 0.25) is 11.8 Å². The molecule has 1 unspecified atom stereocenters. The van der Waals surface area contributed by atoms with Crippen LogP contribution in [0.2, 0.25) is 0 Å². The summed E-state index contributed by atoms with van der Waals surface area (Å²) in [4.78, 5) is 25.2. The third-order valence-electron chi connectivity index (χ3n) is 3.24. The molecule has 118 valence electrons. The molecular formula is C15H31N3O2. The first-order chi connectivity index (χ1) is 9.19. The quantitative estimate of drug-likeness (QED) is 0.710. The molecule has 5 heteroatoms. The zero-order valence-electron chi connectivity index (χ0n) is 13.7. The minimum Gasteiger partial charge on any atom is -0.350 e. The molecule has 5 nitrogen and oxygen atoms in total. The van der Waals surface area contributed by atoms with Crippen molar-refractivity contribution in [1.82, 2.24) is 10.2 Å². The van der Waals surface area contributed by atoms with Crippen LogP contribution in [0.5, 0.6) is 0 Å². The Bertz CT molecular complexity index is 311. The number of rotatable bonds is 8. The number of carbonyl (C=O) groups excluding carboxylic acids is 2. The van der Waals surface area contributed by atoms with Crippen LogP contribution in [0, 0.1) is 5.92 Å². The summed E-state index contributed by atoms with van der Waals surface area (Å²) in [7, 11) is 1.68. The summed E-state index contributed by atoms with van der Waals surface area (Å²) in [6.07, 6.45) is 3.33. The van der Waals surface area contributed by atoms with Crippen molar-refractivity contribution in [2.24, 2.45) is 11.7 Å². The monoisotopic (exact) mass is 285 g/mol. The molecule has 0 aromatic carbocycles. The highest BCUT2D eigenvalue weighted by Crippen LogP contribution is 2.15. The second-order valence-corrected chi connectivity index (χ2v) is 6.44. The van der Waals surface area contributed by atoms with Gasteiger partial charge in [0.25, 0.3) is 0 Å². The summed E-state index contributed by atoms with van der Waals surface area (Å²) >= 11 is 0. The van der Waals surface area contributed by atoms with E-state index in [2.05, 4.69) is 12.2 Å². The summed E-state index contributed by atoms with van der Waals surface area (Å²) in [5.41, 5.74) is 5.28. The van der Waals surface area contributed by atoms with Crippen LogP contribution in [0.25, 0.3) is 0 Å². The first-order valence-electron chi connectivity index (χ1n) is 7.44. The molecule has 0 aromatic heterocycles. The molecule has 0 fully saturated rings. The Morgan fingerprint density at radius 3 is 2.30 bits per heavy atom. The maximum absolute atomic E-state index is 12.0. The van der Waals surface area contributed by atoms with Crippen LogP contribution in [-0.2, 0) is 9.59 Å². The van der Waals surface area contributed by atoms with Crippen molar-refractivity contribution in [3.05, 3.63) is 0 Å². The van der Waals surface area contributed by atoms with Crippen molar-refractivity contribution in [3.63, 3.8) is 0 Å². The lowest BCUT2D eigenvalue weighted by Crippen LogP contribution is -2.46. The number of nitrogens with two attached hydrogens (primary N) is 1. The number of nitrogens with one attached hydrogen (secondary N) is 1. The van der Waals surface area contributed by atoms with Gasteiger partial charge >= 0.3 is 0 Å². The van der Waals surface area contributed by atoms with Gasteiger partial charge < -0.3 is 16.0 Å². The average molecular weight is 285 g/mol. The molecule has 0 bridgehead atoms. The maximum atomic E-state index is 12.0. The molecule has 0 saturated carbocycles. The van der Waals surface area contributed by atoms with Crippen LogP contribution in [0.1, 0.15) is 53.4 Å². The number of likely N-dealkylation sites (N-methyl/N-ethyl adjacent to an activating group) is 1. The fourth-order valence-corrected chi connectivity index (χ4v) is 2.07. The minimum absolute atomic E-state index is 0.0181. The second-order valence-electron chi connectivity index (χ2n) is 6.44. The van der Waals surface area contributed by atoms with Crippen molar-refractivity contribution < 1.29 is 9.59 Å². The highest BCUT2D eigenvalue weighted by Gasteiger charge is 2.18. The third kappa shape index (κ3) is 8.91. The summed E-state index contributed by atoms with van der Waals surface area (Å²) in [6.45, 7) is 8.66. The smallest absolute Gasteiger partial charge is 0.240 e. The Labute approximate surface area is 123 Å². The molecule has 0 aliphatic carbocycles. The predicted octanol–water partition coefficient (Wildman–Crippen LogP) is 1.51. The van der Waals surface area contributed by atoms with E-state index in [0.717, 1.165) is 19.3 Å². The average Bonchev–Trinajstić information content (AvgIpc) is 2.31. The number of amides is 2. The van der Waals surface area contributed by atoms with Crippen LogP contribution in [-0.4, -0.2) is 42.4 Å². The fourth-order valence-electron chi connectivity index (χ4n) is 2.07. The minimum atomic E-state index is -0.268. The Morgan fingerprint density at radius 1 is 1.25 bits per heavy atom. The molecule has 0 aliphatic heterocycles. The van der Waals surface area contributed by atoms with Gasteiger partial charge in [0.15, 0.2) is 0 Å². The summed E-state index contributed by atoms with van der Waals surface area (Å²) in [5.74, 6) is 0.396. The largest absolute Gasteiger partial charge is 0.350 e. The van der Waals surface area contributed by atoms with Gasteiger partial charge in [-0.05, 0) is 46.1 Å². The van der Waals surface area contributed by atoms with Gasteiger partial charge in [-0.3, -0.25) is 9.59 Å². The zero-order chi connectivity index (χ0) is 15.8. The van der Waals surface area contributed by atoms with Gasteiger partial charge in [-0.2, -0.15) is 0 Å². The molecule has 1 atom stereocenters. The van der Waals surface area contributed by atoms with Crippen LogP contribution in [0.15, 0.2) is 0 Å². The highest BCUT2D eigenvalue weighted by atomic mass is 16.2. The lowest BCUT2D eigenvalue weighted by atomic mass is 9.96. The standard InChI is InChI=1S/C15H31N3O2/c1-6-12(9-10-16)7-8-14(20)18(5)11-13(19)17-15(2,3)4/h12H,6-11,16H2,1-5H3,(H,17,19). The second kappa shape index (κ2) is 8.95. The molecule has 0 aliphatic rings. The van der Waals surface area contributed by atoms with E-state index < -0.39 is 0 Å². The van der Waals surface area contributed by atoms with E-state index in [-0.39, 0.29) is 23.9 Å². The fraction of sp³-hybridized carbons (Fsp3) is 0.867. The Balaban J connectivity index is 4.12. The molecule has 20 heavy (non-hydrogen) atoms.